The summed E-state index contributed by atoms with van der Waals surface area (Å²) in [6, 6.07) is 4.44. The first-order chi connectivity index (χ1) is 26.4. The number of carbonyl (C=O) groups excluding carboxylic acids is 4. The minimum atomic E-state index is -3.85. The molecule has 2 amide bonds. The number of Topliss-reactive ketones (excluding diaryl/α,β-unsaturated/α-hetero) is 1. The van der Waals surface area contributed by atoms with E-state index in [4.69, 9.17) is 18.9 Å². The summed E-state index contributed by atoms with van der Waals surface area (Å²) in [7, 11) is -0.760. The van der Waals surface area contributed by atoms with Crippen LogP contribution in [0, 0.1) is 23.2 Å². The second-order valence-electron chi connectivity index (χ2n) is 15.9. The Morgan fingerprint density at radius 3 is 2.62 bits per heavy atom. The number of amides is 2. The molecule has 55 heavy (non-hydrogen) atoms. The van der Waals surface area contributed by atoms with E-state index in [-0.39, 0.29) is 55.9 Å². The Balaban J connectivity index is 1.27. The molecule has 1 aromatic heterocycles. The van der Waals surface area contributed by atoms with Gasteiger partial charge in [0.05, 0.1) is 56.0 Å². The molecule has 3 fully saturated rings. The van der Waals surface area contributed by atoms with Gasteiger partial charge in [-0.2, -0.15) is 0 Å². The van der Waals surface area contributed by atoms with E-state index < -0.39 is 50.6 Å². The van der Waals surface area contributed by atoms with Crippen LogP contribution in [0.3, 0.4) is 0 Å². The topological polar surface area (TPSA) is 167 Å². The lowest BCUT2D eigenvalue weighted by Gasteiger charge is -2.29. The van der Waals surface area contributed by atoms with Crippen LogP contribution in [-0.2, 0) is 33.9 Å². The normalized spacial score (nSPS) is 30.5. The van der Waals surface area contributed by atoms with Gasteiger partial charge >= 0.3 is 5.97 Å². The smallest absolute Gasteiger partial charge is 0.306 e. The Morgan fingerprint density at radius 1 is 1.04 bits per heavy atom. The van der Waals surface area contributed by atoms with Crippen LogP contribution < -0.4 is 18.9 Å². The number of ether oxygens (including phenoxy) is 4. The Morgan fingerprint density at radius 2 is 1.85 bits per heavy atom. The molecule has 2 saturated carbocycles. The van der Waals surface area contributed by atoms with Gasteiger partial charge in [0.2, 0.25) is 27.7 Å². The molecule has 0 spiro atoms. The highest BCUT2D eigenvalue weighted by atomic mass is 32.2. The third kappa shape index (κ3) is 8.53. The van der Waals surface area contributed by atoms with Crippen molar-refractivity contribution < 1.29 is 46.5 Å². The SMILES string of the molecule is COc1cc2c3cc(c(OC)cc3n1)/C=C/C[C@H](C)COC(=O)C[C@H]1CCCCC/C=C\[C@@H]3C[C@@]3(C(=O)NS(=O)(=O)C3CC3)CC(=O)[C@@H]3C[C@H](CN3C1=O)O2. The van der Waals surface area contributed by atoms with Gasteiger partial charge in [0, 0.05) is 41.8 Å². The van der Waals surface area contributed by atoms with E-state index >= 15 is 0 Å². The Bertz CT molecular complexity index is 2010. The van der Waals surface area contributed by atoms with E-state index in [1.165, 1.54) is 12.0 Å². The van der Waals surface area contributed by atoms with Crippen LogP contribution in [0.25, 0.3) is 17.0 Å². The van der Waals surface area contributed by atoms with Crippen LogP contribution in [0.5, 0.6) is 17.4 Å². The summed E-state index contributed by atoms with van der Waals surface area (Å²) in [5, 5.41) is 0.0881. The van der Waals surface area contributed by atoms with E-state index in [1.807, 2.05) is 37.3 Å². The summed E-state index contributed by atoms with van der Waals surface area (Å²) in [6.45, 7) is 2.23. The monoisotopic (exact) mass is 777 g/mol. The van der Waals surface area contributed by atoms with Crippen LogP contribution in [0.4, 0.5) is 0 Å². The lowest BCUT2D eigenvalue weighted by atomic mass is 9.90. The molecule has 6 atom stereocenters. The van der Waals surface area contributed by atoms with Gasteiger partial charge in [-0.05, 0) is 62.8 Å². The molecule has 2 aliphatic carbocycles. The van der Waals surface area contributed by atoms with Crippen molar-refractivity contribution >= 4 is 50.6 Å². The standard InChI is InChI=1S/C41H51N3O10S/c1-25-10-9-12-26-16-31-32(19-35(26)51-2)42-37(52-3)20-36(31)54-29-18-33-34(45)22-41(40(48)43-55(49,50)30-14-15-30)21-28(41)13-8-6-4-5-7-11-27(17-38(46)53-24-25)39(47)44(33)23-29/h8-9,12-13,16,19-20,25,27-30,33H,4-7,10-11,14-15,17-18,21-24H2,1-3H3,(H,43,48)/b12-9+,13-8-/t25-,27+,28+,29+,33-,41+/m0/s1. The second-order valence-corrected chi connectivity index (χ2v) is 17.9. The summed E-state index contributed by atoms with van der Waals surface area (Å²) in [5.74, 6) is -1.49. The minimum absolute atomic E-state index is 0.00316. The highest BCUT2D eigenvalue weighted by molar-refractivity contribution is 7.90. The number of sulfonamides is 1. The van der Waals surface area contributed by atoms with Gasteiger partial charge < -0.3 is 23.8 Å². The summed E-state index contributed by atoms with van der Waals surface area (Å²) in [5.41, 5.74) is 0.109. The van der Waals surface area contributed by atoms with Crippen molar-refractivity contribution in [2.75, 3.05) is 27.4 Å². The predicted molar refractivity (Wildman–Crippen MR) is 204 cm³/mol. The maximum Gasteiger partial charge on any atom is 0.306 e. The molecule has 13 nitrogen and oxygen atoms in total. The molecule has 0 unspecified atom stereocenters. The second kappa shape index (κ2) is 16.0. The van der Waals surface area contributed by atoms with Gasteiger partial charge in [-0.25, -0.2) is 13.4 Å². The van der Waals surface area contributed by atoms with Gasteiger partial charge in [0.15, 0.2) is 5.78 Å². The average Bonchev–Trinajstić information content (AvgIpc) is 4.09. The number of pyridine rings is 1. The number of nitrogens with zero attached hydrogens (tertiary/aromatic N) is 2. The highest BCUT2D eigenvalue weighted by Gasteiger charge is 2.61. The number of methoxy groups -OCH3 is 2. The minimum Gasteiger partial charge on any atom is -0.496 e. The molecular weight excluding hydrogens is 727 g/mol. The first-order valence-electron chi connectivity index (χ1n) is 19.5. The number of hydrogen-bond donors (Lipinski definition) is 1. The zero-order valence-corrected chi connectivity index (χ0v) is 32.6. The van der Waals surface area contributed by atoms with Crippen LogP contribution in [0.15, 0.2) is 36.4 Å². The largest absolute Gasteiger partial charge is 0.496 e. The van der Waals surface area contributed by atoms with Crippen LogP contribution in [-0.4, -0.2) is 86.6 Å². The molecule has 1 aromatic carbocycles. The molecule has 3 aliphatic heterocycles. The van der Waals surface area contributed by atoms with Gasteiger partial charge in [0.1, 0.15) is 17.6 Å². The van der Waals surface area contributed by atoms with E-state index in [2.05, 4.69) is 9.71 Å². The fourth-order valence-corrected chi connectivity index (χ4v) is 9.60. The number of cyclic esters (lactones) is 1. The van der Waals surface area contributed by atoms with Crippen LogP contribution in [0.2, 0.25) is 0 Å². The van der Waals surface area contributed by atoms with Crippen molar-refractivity contribution in [3.8, 4) is 17.4 Å². The van der Waals surface area contributed by atoms with Crippen molar-refractivity contribution in [2.45, 2.75) is 101 Å². The number of rotatable bonds is 5. The summed E-state index contributed by atoms with van der Waals surface area (Å²) in [6.07, 6.45) is 12.5. The van der Waals surface area contributed by atoms with E-state index in [0.29, 0.717) is 66.8 Å². The average molecular weight is 778 g/mol. The van der Waals surface area contributed by atoms with Gasteiger partial charge in [-0.15, -0.1) is 0 Å². The number of carbonyl (C=O) groups is 4. The fourth-order valence-electron chi connectivity index (χ4n) is 8.22. The molecule has 296 valence electrons. The maximum absolute atomic E-state index is 14.6. The van der Waals surface area contributed by atoms with Crippen LogP contribution in [0.1, 0.15) is 89.5 Å². The molecular formula is C41H51N3O10S. The number of esters is 1. The predicted octanol–water partition coefficient (Wildman–Crippen LogP) is 5.30. The lowest BCUT2D eigenvalue weighted by molar-refractivity contribution is -0.151. The van der Waals surface area contributed by atoms with Crippen molar-refractivity contribution in [2.24, 2.45) is 23.2 Å². The Kier molecular flexibility index (Phi) is 11.3. The number of aromatic nitrogens is 1. The third-order valence-corrected chi connectivity index (χ3v) is 13.5. The first-order valence-corrected chi connectivity index (χ1v) is 21.1. The number of ketones is 1. The molecule has 2 aromatic rings. The van der Waals surface area contributed by atoms with E-state index in [1.54, 1.807) is 19.2 Å². The van der Waals surface area contributed by atoms with Crippen molar-refractivity contribution in [3.05, 3.63) is 42.0 Å². The quantitative estimate of drug-likeness (QED) is 0.309. The maximum atomic E-state index is 14.6. The van der Waals surface area contributed by atoms with Gasteiger partial charge in [0.25, 0.3) is 0 Å². The van der Waals surface area contributed by atoms with Crippen molar-refractivity contribution in [1.82, 2.24) is 14.6 Å². The van der Waals surface area contributed by atoms with Gasteiger partial charge in [-0.3, -0.25) is 23.9 Å². The Hall–Kier alpha value is -4.46. The third-order valence-electron chi connectivity index (χ3n) is 11.7. The number of fused-ring (bicyclic) bond motifs is 4. The van der Waals surface area contributed by atoms with E-state index in [0.717, 1.165) is 24.8 Å². The molecule has 5 bridgehead atoms. The zero-order chi connectivity index (χ0) is 38.9. The van der Waals surface area contributed by atoms with Crippen molar-refractivity contribution in [3.63, 3.8) is 0 Å². The molecule has 1 N–H and O–H groups in total. The molecule has 5 aliphatic rings. The van der Waals surface area contributed by atoms with E-state index in [9.17, 15) is 27.6 Å². The Labute approximate surface area is 322 Å². The molecule has 14 heteroatoms. The van der Waals surface area contributed by atoms with Crippen molar-refractivity contribution in [1.29, 1.82) is 0 Å². The number of hydrogen-bond acceptors (Lipinski definition) is 11. The highest BCUT2D eigenvalue weighted by Crippen LogP contribution is 2.57. The zero-order valence-electron chi connectivity index (χ0n) is 31.8. The molecule has 4 heterocycles. The van der Waals surface area contributed by atoms with Crippen LogP contribution >= 0.6 is 0 Å². The molecule has 7 rings (SSSR count). The molecule has 0 radical (unpaired) electrons. The number of benzene rings is 1. The fraction of sp³-hybridized carbons (Fsp3) is 0.585. The molecule has 1 saturated heterocycles. The number of allylic oxidation sites excluding steroid dienone is 3. The number of nitrogens with one attached hydrogen (secondary N) is 1. The first kappa shape index (κ1) is 38.8. The summed E-state index contributed by atoms with van der Waals surface area (Å²) >= 11 is 0. The lowest BCUT2D eigenvalue weighted by Crippen LogP contribution is -2.46. The summed E-state index contributed by atoms with van der Waals surface area (Å²) in [4.78, 5) is 62.5. The van der Waals surface area contributed by atoms with Gasteiger partial charge in [-0.1, -0.05) is 44.1 Å². The summed E-state index contributed by atoms with van der Waals surface area (Å²) < 4.78 is 51.7.